The van der Waals surface area contributed by atoms with E-state index in [9.17, 15) is 0 Å². The van der Waals surface area contributed by atoms with Gasteiger partial charge in [0.1, 0.15) is 5.69 Å². The van der Waals surface area contributed by atoms with E-state index >= 15 is 0 Å². The summed E-state index contributed by atoms with van der Waals surface area (Å²) in [7, 11) is 0. The first-order valence-electron chi connectivity index (χ1n) is 21.9. The van der Waals surface area contributed by atoms with E-state index in [1.807, 2.05) is 6.20 Å². The maximum Gasteiger partial charge on any atom is 0.164 e. The summed E-state index contributed by atoms with van der Waals surface area (Å²) >= 11 is 0. The fourth-order valence-corrected chi connectivity index (χ4v) is 11.1. The van der Waals surface area contributed by atoms with Crippen LogP contribution in [0.15, 0.2) is 213 Å². The van der Waals surface area contributed by atoms with Gasteiger partial charge in [-0.2, -0.15) is 0 Å². The Bertz CT molecular complexity index is 3610. The molecule has 0 bridgehead atoms. The molecule has 9 aromatic carbocycles. The quantitative estimate of drug-likeness (QED) is 0.173. The first-order chi connectivity index (χ1) is 31.0. The predicted molar refractivity (Wildman–Crippen MR) is 259 cm³/mol. The largest absolute Gasteiger partial charge is 0.296 e. The molecule has 0 N–H and O–H groups in total. The van der Waals surface area contributed by atoms with Gasteiger partial charge in [0, 0.05) is 28.3 Å². The van der Waals surface area contributed by atoms with Gasteiger partial charge in [0.25, 0.3) is 0 Å². The van der Waals surface area contributed by atoms with Crippen molar-refractivity contribution in [1.29, 1.82) is 0 Å². The summed E-state index contributed by atoms with van der Waals surface area (Å²) in [5, 5.41) is 4.97. The average Bonchev–Trinajstić information content (AvgIpc) is 3.98. The average molecular weight is 804 g/mol. The van der Waals surface area contributed by atoms with E-state index in [0.29, 0.717) is 0 Å². The van der Waals surface area contributed by atoms with Crippen molar-refractivity contribution in [3.8, 4) is 56.0 Å². The van der Waals surface area contributed by atoms with Crippen LogP contribution in [0.5, 0.6) is 0 Å². The molecule has 2 aromatic heterocycles. The Labute approximate surface area is 366 Å². The molecule has 0 atom stereocenters. The van der Waals surface area contributed by atoms with Gasteiger partial charge >= 0.3 is 0 Å². The normalized spacial score (nSPS) is 14.1. The minimum Gasteiger partial charge on any atom is -0.296 e. The molecule has 0 amide bonds. The van der Waals surface area contributed by atoms with Crippen LogP contribution in [-0.2, 0) is 10.8 Å². The Morgan fingerprint density at radius 2 is 1.06 bits per heavy atom. The lowest BCUT2D eigenvalue weighted by molar-refractivity contribution is 0.661. The summed E-state index contributed by atoms with van der Waals surface area (Å²) in [5.41, 5.74) is 18.9. The van der Waals surface area contributed by atoms with Gasteiger partial charge in [-0.3, -0.25) is 4.40 Å². The molecule has 2 aliphatic carbocycles. The smallest absolute Gasteiger partial charge is 0.164 e. The van der Waals surface area contributed by atoms with E-state index in [1.54, 1.807) is 0 Å². The van der Waals surface area contributed by atoms with Gasteiger partial charge in [-0.15, -0.1) is 0 Å². The molecule has 11 aromatic rings. The molecule has 0 fully saturated rings. The molecule has 296 valence electrons. The van der Waals surface area contributed by atoms with Crippen LogP contribution in [0, 0.1) is 0 Å². The lowest BCUT2D eigenvalue weighted by Gasteiger charge is -2.34. The number of aromatic nitrogens is 3. The highest BCUT2D eigenvalue weighted by atomic mass is 15.0. The van der Waals surface area contributed by atoms with Crippen LogP contribution in [0.4, 0.5) is 0 Å². The lowest BCUT2D eigenvalue weighted by Crippen LogP contribution is -2.28. The molecule has 63 heavy (non-hydrogen) atoms. The van der Waals surface area contributed by atoms with E-state index in [2.05, 4.69) is 225 Å². The van der Waals surface area contributed by atoms with Crippen LogP contribution >= 0.6 is 0 Å². The maximum absolute atomic E-state index is 5.66. The molecule has 3 heteroatoms. The van der Waals surface area contributed by atoms with Crippen molar-refractivity contribution < 1.29 is 0 Å². The van der Waals surface area contributed by atoms with Crippen molar-refractivity contribution in [3.63, 3.8) is 0 Å². The lowest BCUT2D eigenvalue weighted by atomic mass is 9.67. The Hall–Kier alpha value is -7.88. The molecule has 0 radical (unpaired) electrons. The van der Waals surface area contributed by atoms with E-state index in [1.165, 1.54) is 77.2 Å². The van der Waals surface area contributed by atoms with Gasteiger partial charge in [0.2, 0.25) is 0 Å². The fourth-order valence-electron chi connectivity index (χ4n) is 11.1. The van der Waals surface area contributed by atoms with Crippen molar-refractivity contribution in [2.24, 2.45) is 0 Å². The molecule has 13 rings (SSSR count). The summed E-state index contributed by atoms with van der Waals surface area (Å²) in [5.74, 6) is 0. The van der Waals surface area contributed by atoms with Gasteiger partial charge in [0.15, 0.2) is 5.65 Å². The number of fused-ring (bicyclic) bond motifs is 10. The molecule has 2 aliphatic rings. The van der Waals surface area contributed by atoms with Crippen LogP contribution in [0.2, 0.25) is 0 Å². The molecular weight excluding hydrogens is 763 g/mol. The van der Waals surface area contributed by atoms with Gasteiger partial charge in [-0.05, 0) is 95.4 Å². The fraction of sp³-hybridized carbons (Fsp3) is 0.0667. The number of benzene rings is 9. The molecular formula is C60H41N3. The number of hydrogen-bond donors (Lipinski definition) is 0. The Balaban J connectivity index is 1.06. The summed E-state index contributed by atoms with van der Waals surface area (Å²) in [6.45, 7) is 4.72. The monoisotopic (exact) mass is 803 g/mol. The zero-order valence-corrected chi connectivity index (χ0v) is 35.0. The van der Waals surface area contributed by atoms with E-state index < -0.39 is 5.41 Å². The Morgan fingerprint density at radius 1 is 0.444 bits per heavy atom. The first-order valence-corrected chi connectivity index (χ1v) is 21.9. The zero-order chi connectivity index (χ0) is 41.9. The summed E-state index contributed by atoms with van der Waals surface area (Å²) in [6.07, 6.45) is 4.22. The minimum absolute atomic E-state index is 0.197. The predicted octanol–water partition coefficient (Wildman–Crippen LogP) is 14.7. The standard InChI is InChI=1S/C60H41N3/c1-59(2)51-32-29-39-16-11-12-22-46(39)56(51)49-31-28-43(35-52(49)59)57-58-61-36-55(42-26-25-38-15-9-10-17-40(38)33-42)63(58)37-54(62-57)41-27-30-48-47-23-13-14-24-50(47)60(53(48)34-41,44-18-5-3-6-19-44)45-20-7-4-8-21-45/h3-37H,1-2H3. The summed E-state index contributed by atoms with van der Waals surface area (Å²) in [4.78, 5) is 10.8. The number of rotatable bonds is 5. The van der Waals surface area contributed by atoms with E-state index in [-0.39, 0.29) is 5.41 Å². The molecule has 0 saturated heterocycles. The molecule has 3 nitrogen and oxygen atoms in total. The second kappa shape index (κ2) is 13.3. The second-order valence-corrected chi connectivity index (χ2v) is 17.8. The van der Waals surface area contributed by atoms with Gasteiger partial charge in [0.05, 0.1) is 23.0 Å². The SMILES string of the molecule is CC1(C)c2cc(-c3nc(-c4ccc5c(c4)C(c4ccccc4)(c4ccccc4)c4ccccc4-5)cn4c(-c5ccc6ccccc6c5)cnc34)ccc2-c2c1ccc1ccccc21. The van der Waals surface area contributed by atoms with Crippen LogP contribution in [-0.4, -0.2) is 14.4 Å². The van der Waals surface area contributed by atoms with Gasteiger partial charge < -0.3 is 0 Å². The summed E-state index contributed by atoms with van der Waals surface area (Å²) < 4.78 is 2.27. The van der Waals surface area contributed by atoms with Crippen molar-refractivity contribution >= 4 is 27.2 Å². The molecule has 0 aliphatic heterocycles. The molecule has 0 spiro atoms. The maximum atomic E-state index is 5.66. The van der Waals surface area contributed by atoms with E-state index in [0.717, 1.165) is 39.4 Å². The zero-order valence-electron chi connectivity index (χ0n) is 35.0. The first kappa shape index (κ1) is 35.8. The topological polar surface area (TPSA) is 30.2 Å². The highest BCUT2D eigenvalue weighted by Crippen LogP contribution is 2.57. The van der Waals surface area contributed by atoms with Crippen LogP contribution < -0.4 is 0 Å². The highest BCUT2D eigenvalue weighted by Gasteiger charge is 2.46. The van der Waals surface area contributed by atoms with Crippen LogP contribution in [0.3, 0.4) is 0 Å². The highest BCUT2D eigenvalue weighted by molar-refractivity contribution is 6.03. The van der Waals surface area contributed by atoms with Gasteiger partial charge in [-0.1, -0.05) is 196 Å². The third-order valence-corrected chi connectivity index (χ3v) is 14.1. The van der Waals surface area contributed by atoms with Crippen molar-refractivity contribution in [2.75, 3.05) is 0 Å². The molecule has 0 saturated carbocycles. The minimum atomic E-state index is -0.520. The number of nitrogens with zero attached hydrogens (tertiary/aromatic N) is 3. The summed E-state index contributed by atoms with van der Waals surface area (Å²) in [6, 6.07) is 73.5. The van der Waals surface area contributed by atoms with Gasteiger partial charge in [-0.25, -0.2) is 9.97 Å². The number of imidazole rings is 1. The Morgan fingerprint density at radius 3 is 1.87 bits per heavy atom. The molecule has 2 heterocycles. The van der Waals surface area contributed by atoms with Crippen molar-refractivity contribution in [2.45, 2.75) is 24.7 Å². The second-order valence-electron chi connectivity index (χ2n) is 17.8. The molecule has 0 unspecified atom stereocenters. The Kier molecular flexibility index (Phi) is 7.57. The third-order valence-electron chi connectivity index (χ3n) is 14.1. The van der Waals surface area contributed by atoms with E-state index in [4.69, 9.17) is 9.97 Å². The van der Waals surface area contributed by atoms with Crippen molar-refractivity contribution in [1.82, 2.24) is 14.4 Å². The number of hydrogen-bond acceptors (Lipinski definition) is 2. The van der Waals surface area contributed by atoms with Crippen molar-refractivity contribution in [3.05, 3.63) is 246 Å². The van der Waals surface area contributed by atoms with Crippen LogP contribution in [0.25, 0.3) is 83.2 Å². The third kappa shape index (κ3) is 5.08. The van der Waals surface area contributed by atoms with Crippen LogP contribution in [0.1, 0.15) is 47.2 Å².